The van der Waals surface area contributed by atoms with Gasteiger partial charge in [0.1, 0.15) is 0 Å². The van der Waals surface area contributed by atoms with E-state index in [1.807, 2.05) is 42.5 Å². The van der Waals surface area contributed by atoms with E-state index in [9.17, 15) is 19.7 Å². The summed E-state index contributed by atoms with van der Waals surface area (Å²) in [5.41, 5.74) is 1.74. The predicted molar refractivity (Wildman–Crippen MR) is 119 cm³/mol. The third-order valence-electron chi connectivity index (χ3n) is 5.79. The van der Waals surface area contributed by atoms with Gasteiger partial charge < -0.3 is 10.2 Å². The first kappa shape index (κ1) is 20.5. The molecule has 7 heteroatoms. The summed E-state index contributed by atoms with van der Waals surface area (Å²) < 4.78 is 0. The second-order valence-electron chi connectivity index (χ2n) is 7.86. The van der Waals surface area contributed by atoms with Gasteiger partial charge in [0, 0.05) is 30.8 Å². The van der Waals surface area contributed by atoms with E-state index in [4.69, 9.17) is 0 Å². The maximum atomic E-state index is 13.2. The highest BCUT2D eigenvalue weighted by molar-refractivity contribution is 6.07. The van der Waals surface area contributed by atoms with Crippen molar-refractivity contribution >= 4 is 34.0 Å². The quantitative estimate of drug-likeness (QED) is 0.498. The Morgan fingerprint density at radius 3 is 2.68 bits per heavy atom. The molecule has 1 aliphatic heterocycles. The molecule has 0 bridgehead atoms. The maximum absolute atomic E-state index is 13.2. The summed E-state index contributed by atoms with van der Waals surface area (Å²) >= 11 is 0. The first-order valence-electron chi connectivity index (χ1n) is 10.3. The van der Waals surface area contributed by atoms with Gasteiger partial charge in [-0.25, -0.2) is 0 Å². The first-order valence-corrected chi connectivity index (χ1v) is 10.3. The van der Waals surface area contributed by atoms with Gasteiger partial charge in [0.05, 0.1) is 16.5 Å². The first-order chi connectivity index (χ1) is 14.9. The summed E-state index contributed by atoms with van der Waals surface area (Å²) in [5, 5.41) is 15.8. The standard InChI is InChI=1S/C24H23N3O4/c1-16-11-12-19(27(30)31)14-22(16)25-23(28)18-8-5-13-26(15-18)24(29)21-10-4-7-17-6-2-3-9-20(17)21/h2-4,6-7,9-12,14,18H,5,8,13,15H2,1H3,(H,25,28). The number of hydrogen-bond donors (Lipinski definition) is 1. The van der Waals surface area contributed by atoms with Crippen molar-refractivity contribution in [1.82, 2.24) is 4.90 Å². The number of carbonyl (C=O) groups is 2. The number of aryl methyl sites for hydroxylation is 1. The van der Waals surface area contributed by atoms with Gasteiger partial charge in [-0.05, 0) is 42.2 Å². The predicted octanol–water partition coefficient (Wildman–Crippen LogP) is 4.55. The van der Waals surface area contributed by atoms with Crippen LogP contribution in [-0.4, -0.2) is 34.7 Å². The van der Waals surface area contributed by atoms with Crippen LogP contribution in [0.1, 0.15) is 28.8 Å². The lowest BCUT2D eigenvalue weighted by molar-refractivity contribution is -0.384. The Morgan fingerprint density at radius 2 is 1.87 bits per heavy atom. The largest absolute Gasteiger partial charge is 0.338 e. The highest BCUT2D eigenvalue weighted by Gasteiger charge is 2.30. The van der Waals surface area contributed by atoms with Crippen LogP contribution in [0.15, 0.2) is 60.7 Å². The van der Waals surface area contributed by atoms with Crippen molar-refractivity contribution in [2.24, 2.45) is 5.92 Å². The number of nitro groups is 1. The molecule has 7 nitrogen and oxygen atoms in total. The number of nitro benzene ring substituents is 1. The Morgan fingerprint density at radius 1 is 1.10 bits per heavy atom. The summed E-state index contributed by atoms with van der Waals surface area (Å²) in [6, 6.07) is 17.8. The minimum Gasteiger partial charge on any atom is -0.338 e. The molecule has 2 amide bonds. The van der Waals surface area contributed by atoms with Gasteiger partial charge in [-0.1, -0.05) is 42.5 Å². The molecule has 3 aromatic rings. The number of rotatable bonds is 4. The average molecular weight is 417 g/mol. The molecule has 1 heterocycles. The van der Waals surface area contributed by atoms with Crippen LogP contribution < -0.4 is 5.32 Å². The molecule has 0 saturated carbocycles. The van der Waals surface area contributed by atoms with Crippen LogP contribution in [0.2, 0.25) is 0 Å². The number of piperidine rings is 1. The zero-order chi connectivity index (χ0) is 22.0. The normalized spacial score (nSPS) is 16.2. The molecule has 0 spiro atoms. The third kappa shape index (κ3) is 4.26. The molecule has 1 saturated heterocycles. The van der Waals surface area contributed by atoms with Crippen LogP contribution in [-0.2, 0) is 4.79 Å². The molecule has 1 fully saturated rings. The molecule has 1 N–H and O–H groups in total. The minimum absolute atomic E-state index is 0.0719. The van der Waals surface area contributed by atoms with Crippen LogP contribution in [0.3, 0.4) is 0 Å². The van der Waals surface area contributed by atoms with Gasteiger partial charge in [0.25, 0.3) is 11.6 Å². The SMILES string of the molecule is Cc1ccc([N+](=O)[O-])cc1NC(=O)C1CCCN(C(=O)c2cccc3ccccc23)C1. The van der Waals surface area contributed by atoms with Crippen LogP contribution in [0, 0.1) is 23.0 Å². The van der Waals surface area contributed by atoms with Crippen LogP contribution in [0.25, 0.3) is 10.8 Å². The van der Waals surface area contributed by atoms with E-state index >= 15 is 0 Å². The Bertz CT molecular complexity index is 1170. The molecule has 4 rings (SSSR count). The number of amides is 2. The van der Waals surface area contributed by atoms with Crippen molar-refractivity contribution in [1.29, 1.82) is 0 Å². The van der Waals surface area contributed by atoms with Gasteiger partial charge in [0.2, 0.25) is 5.91 Å². The van der Waals surface area contributed by atoms with E-state index in [2.05, 4.69) is 5.32 Å². The molecule has 31 heavy (non-hydrogen) atoms. The second kappa shape index (κ2) is 8.55. The summed E-state index contributed by atoms with van der Waals surface area (Å²) in [7, 11) is 0. The molecular formula is C24H23N3O4. The fourth-order valence-corrected chi connectivity index (χ4v) is 4.05. The number of fused-ring (bicyclic) bond motifs is 1. The Balaban J connectivity index is 1.51. The Labute approximate surface area is 179 Å². The van der Waals surface area contributed by atoms with E-state index in [-0.39, 0.29) is 23.4 Å². The third-order valence-corrected chi connectivity index (χ3v) is 5.79. The highest BCUT2D eigenvalue weighted by Crippen LogP contribution is 2.26. The van der Waals surface area contributed by atoms with Crippen molar-refractivity contribution in [3.8, 4) is 0 Å². The van der Waals surface area contributed by atoms with Gasteiger partial charge >= 0.3 is 0 Å². The molecular weight excluding hydrogens is 394 g/mol. The zero-order valence-electron chi connectivity index (χ0n) is 17.2. The number of carbonyl (C=O) groups excluding carboxylic acids is 2. The van der Waals surface area contributed by atoms with Crippen molar-refractivity contribution in [2.75, 3.05) is 18.4 Å². The van der Waals surface area contributed by atoms with E-state index in [1.165, 1.54) is 12.1 Å². The zero-order valence-corrected chi connectivity index (χ0v) is 17.2. The van der Waals surface area contributed by atoms with Gasteiger partial charge in [-0.15, -0.1) is 0 Å². The number of benzene rings is 3. The van der Waals surface area contributed by atoms with Crippen molar-refractivity contribution in [3.05, 3.63) is 81.9 Å². The molecule has 3 aromatic carbocycles. The topological polar surface area (TPSA) is 92.6 Å². The monoisotopic (exact) mass is 417 g/mol. The second-order valence-corrected chi connectivity index (χ2v) is 7.86. The maximum Gasteiger partial charge on any atom is 0.271 e. The van der Waals surface area contributed by atoms with E-state index in [1.54, 1.807) is 17.9 Å². The smallest absolute Gasteiger partial charge is 0.271 e. The lowest BCUT2D eigenvalue weighted by Gasteiger charge is -2.32. The Hall–Kier alpha value is -3.74. The molecule has 1 aliphatic rings. The molecule has 1 unspecified atom stereocenters. The lowest BCUT2D eigenvalue weighted by atomic mass is 9.95. The van der Waals surface area contributed by atoms with E-state index in [0.717, 1.165) is 22.8 Å². The van der Waals surface area contributed by atoms with E-state index < -0.39 is 4.92 Å². The summed E-state index contributed by atoms with van der Waals surface area (Å²) in [5.74, 6) is -0.675. The average Bonchev–Trinajstić information content (AvgIpc) is 2.79. The lowest BCUT2D eigenvalue weighted by Crippen LogP contribution is -2.43. The molecule has 0 radical (unpaired) electrons. The number of hydrogen-bond acceptors (Lipinski definition) is 4. The number of non-ortho nitro benzene ring substituents is 1. The van der Waals surface area contributed by atoms with Crippen LogP contribution in [0.4, 0.5) is 11.4 Å². The molecule has 158 valence electrons. The molecule has 0 aliphatic carbocycles. The number of likely N-dealkylation sites (tertiary alicyclic amines) is 1. The van der Waals surface area contributed by atoms with Crippen LogP contribution in [0.5, 0.6) is 0 Å². The summed E-state index contributed by atoms with van der Waals surface area (Å²) in [6.07, 6.45) is 1.39. The molecule has 0 aromatic heterocycles. The fourth-order valence-electron chi connectivity index (χ4n) is 4.05. The summed E-state index contributed by atoms with van der Waals surface area (Å²) in [4.78, 5) is 38.4. The fraction of sp³-hybridized carbons (Fsp3) is 0.250. The summed E-state index contributed by atoms with van der Waals surface area (Å²) in [6.45, 7) is 2.71. The Kier molecular flexibility index (Phi) is 5.66. The minimum atomic E-state index is -0.486. The van der Waals surface area contributed by atoms with Crippen LogP contribution >= 0.6 is 0 Å². The van der Waals surface area contributed by atoms with Crippen molar-refractivity contribution in [3.63, 3.8) is 0 Å². The van der Waals surface area contributed by atoms with Crippen molar-refractivity contribution < 1.29 is 14.5 Å². The number of nitrogens with zero attached hydrogens (tertiary/aromatic N) is 2. The van der Waals surface area contributed by atoms with E-state index in [0.29, 0.717) is 30.8 Å². The van der Waals surface area contributed by atoms with Gasteiger partial charge in [-0.3, -0.25) is 19.7 Å². The number of nitrogens with one attached hydrogen (secondary N) is 1. The highest BCUT2D eigenvalue weighted by atomic mass is 16.6. The van der Waals surface area contributed by atoms with Gasteiger partial charge in [0.15, 0.2) is 0 Å². The van der Waals surface area contributed by atoms with Gasteiger partial charge in [-0.2, -0.15) is 0 Å². The van der Waals surface area contributed by atoms with Crippen molar-refractivity contribution in [2.45, 2.75) is 19.8 Å². The molecule has 1 atom stereocenters. The number of anilines is 1.